The second-order valence-electron chi connectivity index (χ2n) is 5.70. The van der Waals surface area contributed by atoms with Crippen molar-refractivity contribution in [3.8, 4) is 0 Å². The number of carbonyl (C=O) groups excluding carboxylic acids is 1. The second-order valence-corrected chi connectivity index (χ2v) is 7.69. The maximum atomic E-state index is 12.5. The van der Waals surface area contributed by atoms with Crippen LogP contribution in [-0.4, -0.2) is 25.9 Å². The van der Waals surface area contributed by atoms with Gasteiger partial charge in [0.25, 0.3) is 0 Å². The number of benzene rings is 2. The third-order valence-electron chi connectivity index (χ3n) is 3.79. The number of carbonyl (C=O) groups is 1. The highest BCUT2D eigenvalue weighted by Crippen LogP contribution is 2.20. The first-order valence-electron chi connectivity index (χ1n) is 7.52. The van der Waals surface area contributed by atoms with Gasteiger partial charge in [-0.05, 0) is 54.3 Å². The number of hydrogen-bond acceptors (Lipinski definition) is 4. The highest BCUT2D eigenvalue weighted by molar-refractivity contribution is 7.90. The Kier molecular flexibility index (Phi) is 5.70. The molecule has 2 rings (SSSR count). The smallest absolute Gasteiger partial charge is 0.182 e. The van der Waals surface area contributed by atoms with Crippen molar-refractivity contribution in [2.24, 2.45) is 0 Å². The summed E-state index contributed by atoms with van der Waals surface area (Å²) in [6.07, 6.45) is 2.88. The van der Waals surface area contributed by atoms with Crippen LogP contribution in [0.3, 0.4) is 0 Å². The van der Waals surface area contributed by atoms with E-state index < -0.39 is 16.4 Å². The van der Waals surface area contributed by atoms with Crippen LogP contribution < -0.4 is 0 Å². The molecule has 24 heavy (non-hydrogen) atoms. The highest BCUT2D eigenvalue weighted by atomic mass is 32.2. The quantitative estimate of drug-likeness (QED) is 0.818. The van der Waals surface area contributed by atoms with E-state index in [1.54, 1.807) is 42.5 Å². The number of aliphatic hydroxyl groups excluding tert-OH is 1. The average molecular weight is 344 g/mol. The van der Waals surface area contributed by atoms with E-state index in [-0.39, 0.29) is 11.5 Å². The monoisotopic (exact) mass is 344 g/mol. The topological polar surface area (TPSA) is 71.4 Å². The van der Waals surface area contributed by atoms with E-state index in [0.29, 0.717) is 10.5 Å². The van der Waals surface area contributed by atoms with Gasteiger partial charge in [0.15, 0.2) is 15.6 Å². The number of aliphatic hydroxyl groups is 1. The van der Waals surface area contributed by atoms with Crippen molar-refractivity contribution < 1.29 is 18.3 Å². The fourth-order valence-corrected chi connectivity index (χ4v) is 3.61. The van der Waals surface area contributed by atoms with Crippen molar-refractivity contribution in [1.29, 1.82) is 0 Å². The van der Waals surface area contributed by atoms with Crippen LogP contribution in [0.1, 0.15) is 22.3 Å². The molecule has 0 bridgehead atoms. The molecule has 0 atom stereocenters. The molecular formula is C19H20O4S. The summed E-state index contributed by atoms with van der Waals surface area (Å²) in [5.41, 5.74) is 3.45. The summed E-state index contributed by atoms with van der Waals surface area (Å²) < 4.78 is 25.0. The number of sulfone groups is 1. The van der Waals surface area contributed by atoms with Gasteiger partial charge in [-0.2, -0.15) is 0 Å². The molecule has 0 heterocycles. The minimum Gasteiger partial charge on any atom is -0.388 e. The number of ketones is 1. The van der Waals surface area contributed by atoms with Gasteiger partial charge in [-0.15, -0.1) is 0 Å². The molecule has 0 spiro atoms. The molecule has 1 N–H and O–H groups in total. The van der Waals surface area contributed by atoms with E-state index in [1.807, 2.05) is 19.9 Å². The van der Waals surface area contributed by atoms with Crippen molar-refractivity contribution in [3.05, 3.63) is 70.8 Å². The second kappa shape index (κ2) is 7.55. The third-order valence-corrected chi connectivity index (χ3v) is 5.48. The minimum absolute atomic E-state index is 0.0743. The van der Waals surface area contributed by atoms with Crippen molar-refractivity contribution >= 4 is 21.7 Å². The summed E-state index contributed by atoms with van der Waals surface area (Å²) in [6, 6.07) is 12.1. The average Bonchev–Trinajstić information content (AvgIpc) is 2.56. The van der Waals surface area contributed by atoms with Gasteiger partial charge in [0.05, 0.1) is 10.6 Å². The van der Waals surface area contributed by atoms with Crippen molar-refractivity contribution in [3.63, 3.8) is 0 Å². The predicted octanol–water partition coefficient (Wildman–Crippen LogP) is 2.85. The largest absolute Gasteiger partial charge is 0.388 e. The SMILES string of the molecule is Cc1ccc(S(=O)(=O)Cc2ccc(/C=C/C(=O)CO)cc2)cc1C. The van der Waals surface area contributed by atoms with Crippen LogP contribution >= 0.6 is 0 Å². The van der Waals surface area contributed by atoms with E-state index in [2.05, 4.69) is 0 Å². The summed E-state index contributed by atoms with van der Waals surface area (Å²) in [7, 11) is -3.40. The molecule has 0 aliphatic carbocycles. The van der Waals surface area contributed by atoms with Gasteiger partial charge >= 0.3 is 0 Å². The first-order valence-corrected chi connectivity index (χ1v) is 9.18. The van der Waals surface area contributed by atoms with Crippen molar-refractivity contribution in [1.82, 2.24) is 0 Å². The summed E-state index contributed by atoms with van der Waals surface area (Å²) >= 11 is 0. The molecule has 0 radical (unpaired) electrons. The minimum atomic E-state index is -3.40. The normalized spacial score (nSPS) is 11.8. The molecule has 0 aliphatic rings. The summed E-state index contributed by atoms with van der Waals surface area (Å²) in [4.78, 5) is 11.4. The molecule has 0 saturated heterocycles. The first kappa shape index (κ1) is 18.1. The molecule has 0 aromatic heterocycles. The molecule has 0 aliphatic heterocycles. The molecule has 2 aromatic carbocycles. The Balaban J connectivity index is 2.16. The zero-order valence-electron chi connectivity index (χ0n) is 13.7. The Labute approximate surface area is 142 Å². The lowest BCUT2D eigenvalue weighted by atomic mass is 10.1. The van der Waals surface area contributed by atoms with Gasteiger partial charge in [-0.1, -0.05) is 36.4 Å². The Bertz CT molecular complexity index is 863. The molecule has 0 amide bonds. The molecular weight excluding hydrogens is 324 g/mol. The first-order chi connectivity index (χ1) is 11.3. The number of aryl methyl sites for hydroxylation is 2. The lowest BCUT2D eigenvalue weighted by Gasteiger charge is -2.07. The van der Waals surface area contributed by atoms with Gasteiger partial charge in [-0.3, -0.25) is 4.79 Å². The lowest BCUT2D eigenvalue weighted by molar-refractivity contribution is -0.117. The third kappa shape index (κ3) is 4.63. The lowest BCUT2D eigenvalue weighted by Crippen LogP contribution is -2.05. The van der Waals surface area contributed by atoms with Gasteiger partial charge in [0, 0.05) is 0 Å². The van der Waals surface area contributed by atoms with Gasteiger partial charge < -0.3 is 5.11 Å². The van der Waals surface area contributed by atoms with E-state index in [1.165, 1.54) is 6.08 Å². The Morgan fingerprint density at radius 1 is 1.04 bits per heavy atom. The Morgan fingerprint density at radius 3 is 2.29 bits per heavy atom. The van der Waals surface area contributed by atoms with Crippen molar-refractivity contribution in [2.45, 2.75) is 24.5 Å². The van der Waals surface area contributed by atoms with Crippen LogP contribution in [0, 0.1) is 13.8 Å². The van der Waals surface area contributed by atoms with E-state index >= 15 is 0 Å². The molecule has 0 unspecified atom stereocenters. The maximum absolute atomic E-state index is 12.5. The van der Waals surface area contributed by atoms with E-state index in [0.717, 1.165) is 16.7 Å². The van der Waals surface area contributed by atoms with Gasteiger partial charge in [0.1, 0.15) is 6.61 Å². The van der Waals surface area contributed by atoms with Crippen molar-refractivity contribution in [2.75, 3.05) is 6.61 Å². The fourth-order valence-electron chi connectivity index (χ4n) is 2.18. The number of hydrogen-bond donors (Lipinski definition) is 1. The Hall–Kier alpha value is -2.24. The zero-order valence-corrected chi connectivity index (χ0v) is 14.5. The molecule has 2 aromatic rings. The van der Waals surface area contributed by atoms with Crippen LogP contribution in [0.25, 0.3) is 6.08 Å². The molecule has 0 saturated carbocycles. The summed E-state index contributed by atoms with van der Waals surface area (Å²) in [5.74, 6) is -0.453. The van der Waals surface area contributed by atoms with Crippen LogP contribution in [0.2, 0.25) is 0 Å². The standard InChI is InChI=1S/C19H20O4S/c1-14-3-10-19(11-15(14)2)24(22,23)13-17-6-4-16(5-7-17)8-9-18(21)12-20/h3-11,20H,12-13H2,1-2H3/b9-8+. The summed E-state index contributed by atoms with van der Waals surface area (Å²) in [5, 5.41) is 8.66. The number of rotatable bonds is 6. The zero-order chi connectivity index (χ0) is 17.7. The van der Waals surface area contributed by atoms with E-state index in [4.69, 9.17) is 5.11 Å². The van der Waals surface area contributed by atoms with Gasteiger partial charge in [-0.25, -0.2) is 8.42 Å². The van der Waals surface area contributed by atoms with Crippen LogP contribution in [0.5, 0.6) is 0 Å². The maximum Gasteiger partial charge on any atom is 0.182 e. The molecule has 0 fully saturated rings. The molecule has 126 valence electrons. The molecule has 4 nitrogen and oxygen atoms in total. The summed E-state index contributed by atoms with van der Waals surface area (Å²) in [6.45, 7) is 3.31. The Morgan fingerprint density at radius 2 is 1.71 bits per heavy atom. The van der Waals surface area contributed by atoms with Gasteiger partial charge in [0.2, 0.25) is 0 Å². The van der Waals surface area contributed by atoms with E-state index in [9.17, 15) is 13.2 Å². The van der Waals surface area contributed by atoms with Crippen LogP contribution in [0.4, 0.5) is 0 Å². The van der Waals surface area contributed by atoms with Crippen LogP contribution in [-0.2, 0) is 20.4 Å². The highest BCUT2D eigenvalue weighted by Gasteiger charge is 2.15. The molecule has 5 heteroatoms. The van der Waals surface area contributed by atoms with Crippen LogP contribution in [0.15, 0.2) is 53.4 Å². The fraction of sp³-hybridized carbons (Fsp3) is 0.211. The predicted molar refractivity (Wildman–Crippen MR) is 94.4 cm³/mol.